The van der Waals surface area contributed by atoms with Crippen LogP contribution in [0.1, 0.15) is 18.4 Å². The van der Waals surface area contributed by atoms with E-state index in [-0.39, 0.29) is 11.7 Å². The summed E-state index contributed by atoms with van der Waals surface area (Å²) in [6, 6.07) is 14.6. The van der Waals surface area contributed by atoms with E-state index in [2.05, 4.69) is 11.4 Å². The summed E-state index contributed by atoms with van der Waals surface area (Å²) in [5.41, 5.74) is 2.38. The number of rotatable bonds is 7. The number of halogens is 1. The fourth-order valence-corrected chi connectivity index (χ4v) is 3.62. The minimum absolute atomic E-state index is 0.0546. The third-order valence-corrected chi connectivity index (χ3v) is 5.15. The van der Waals surface area contributed by atoms with Gasteiger partial charge in [-0.05, 0) is 48.1 Å². The number of nitrogens with one attached hydrogen (secondary N) is 1. The highest BCUT2D eigenvalue weighted by molar-refractivity contribution is 5.83. The van der Waals surface area contributed by atoms with Gasteiger partial charge >= 0.3 is 0 Å². The quantitative estimate of drug-likeness (QED) is 0.757. The number of carbonyl (C=O) groups excluding carboxylic acids is 1. The fourth-order valence-electron chi connectivity index (χ4n) is 3.62. The molecule has 0 atom stereocenters. The molecule has 0 bridgehead atoms. The number of amides is 1. The molecule has 0 aromatic heterocycles. The van der Waals surface area contributed by atoms with E-state index in [1.54, 1.807) is 13.2 Å². The first-order valence-electron chi connectivity index (χ1n) is 9.33. The van der Waals surface area contributed by atoms with Crippen LogP contribution in [-0.4, -0.2) is 39.4 Å². The van der Waals surface area contributed by atoms with E-state index < -0.39 is 5.41 Å². The molecule has 2 aromatic carbocycles. The zero-order valence-corrected chi connectivity index (χ0v) is 15.7. The van der Waals surface area contributed by atoms with Gasteiger partial charge in [-0.15, -0.1) is 0 Å². The topological polar surface area (TPSA) is 47.6 Å². The second-order valence-electron chi connectivity index (χ2n) is 7.03. The van der Waals surface area contributed by atoms with E-state index in [0.29, 0.717) is 45.6 Å². The van der Waals surface area contributed by atoms with Crippen LogP contribution in [0.5, 0.6) is 0 Å². The maximum Gasteiger partial charge on any atom is 0.226 e. The summed E-state index contributed by atoms with van der Waals surface area (Å²) >= 11 is 0. The van der Waals surface area contributed by atoms with Crippen LogP contribution < -0.4 is 5.32 Å². The first-order chi connectivity index (χ1) is 13.1. The van der Waals surface area contributed by atoms with E-state index in [1.165, 1.54) is 12.1 Å². The molecule has 1 aliphatic heterocycles. The van der Waals surface area contributed by atoms with Crippen LogP contribution in [-0.2, 0) is 20.7 Å². The molecule has 27 heavy (non-hydrogen) atoms. The molecule has 1 fully saturated rings. The van der Waals surface area contributed by atoms with Crippen LogP contribution in [0.25, 0.3) is 11.1 Å². The minimum atomic E-state index is -0.480. The molecule has 0 saturated carbocycles. The highest BCUT2D eigenvalue weighted by atomic mass is 19.1. The Morgan fingerprint density at radius 3 is 2.56 bits per heavy atom. The van der Waals surface area contributed by atoms with Crippen molar-refractivity contribution < 1.29 is 18.7 Å². The molecule has 0 unspecified atom stereocenters. The number of ether oxygens (including phenoxy) is 2. The van der Waals surface area contributed by atoms with Crippen molar-refractivity contribution >= 4 is 5.91 Å². The first-order valence-corrected chi connectivity index (χ1v) is 9.33. The Labute approximate surface area is 159 Å². The van der Waals surface area contributed by atoms with Gasteiger partial charge in [0.25, 0.3) is 0 Å². The lowest BCUT2D eigenvalue weighted by atomic mass is 9.74. The molecule has 0 aliphatic carbocycles. The number of methoxy groups -OCH3 is 1. The number of benzene rings is 2. The molecule has 1 amide bonds. The Morgan fingerprint density at radius 2 is 1.85 bits per heavy atom. The van der Waals surface area contributed by atoms with Gasteiger partial charge < -0.3 is 14.8 Å². The highest BCUT2D eigenvalue weighted by Crippen LogP contribution is 2.35. The van der Waals surface area contributed by atoms with Gasteiger partial charge in [-0.25, -0.2) is 4.39 Å². The normalized spacial score (nSPS) is 16.1. The van der Waals surface area contributed by atoms with E-state index >= 15 is 0 Å². The average Bonchev–Trinajstić information content (AvgIpc) is 2.69. The lowest BCUT2D eigenvalue weighted by Gasteiger charge is -2.36. The van der Waals surface area contributed by atoms with Crippen LogP contribution >= 0.6 is 0 Å². The molecule has 0 spiro atoms. The Kier molecular flexibility index (Phi) is 6.58. The second kappa shape index (κ2) is 9.11. The second-order valence-corrected chi connectivity index (χ2v) is 7.03. The average molecular weight is 371 g/mol. The summed E-state index contributed by atoms with van der Waals surface area (Å²) in [4.78, 5) is 12.9. The summed E-state index contributed by atoms with van der Waals surface area (Å²) in [6.45, 7) is 2.16. The Hall–Kier alpha value is -2.24. The van der Waals surface area contributed by atoms with Gasteiger partial charge in [0.1, 0.15) is 5.82 Å². The fraction of sp³-hybridized carbons (Fsp3) is 0.409. The van der Waals surface area contributed by atoms with E-state index in [0.717, 1.165) is 16.7 Å². The molecule has 1 saturated heterocycles. The van der Waals surface area contributed by atoms with Crippen LogP contribution in [0.2, 0.25) is 0 Å². The summed E-state index contributed by atoms with van der Waals surface area (Å²) < 4.78 is 24.1. The van der Waals surface area contributed by atoms with Crippen LogP contribution in [0.4, 0.5) is 4.39 Å². The van der Waals surface area contributed by atoms with Crippen molar-refractivity contribution in [2.75, 3.05) is 33.5 Å². The molecule has 1 N–H and O–H groups in total. The summed E-state index contributed by atoms with van der Waals surface area (Å²) in [5, 5.41) is 3.00. The zero-order chi connectivity index (χ0) is 19.1. The molecular weight excluding hydrogens is 345 g/mol. The van der Waals surface area contributed by atoms with Crippen LogP contribution in [0.3, 0.4) is 0 Å². The minimum Gasteiger partial charge on any atom is -0.383 e. The summed E-state index contributed by atoms with van der Waals surface area (Å²) in [5.74, 6) is -0.199. The maximum absolute atomic E-state index is 13.6. The highest BCUT2D eigenvalue weighted by Gasteiger charge is 2.39. The Morgan fingerprint density at radius 1 is 1.15 bits per heavy atom. The maximum atomic E-state index is 13.6. The van der Waals surface area contributed by atoms with Crippen LogP contribution in [0, 0.1) is 11.2 Å². The lowest BCUT2D eigenvalue weighted by Crippen LogP contribution is -2.46. The Balaban J connectivity index is 1.81. The summed E-state index contributed by atoms with van der Waals surface area (Å²) in [6.07, 6.45) is 2.02. The molecule has 1 heterocycles. The predicted molar refractivity (Wildman–Crippen MR) is 103 cm³/mol. The smallest absolute Gasteiger partial charge is 0.226 e. The van der Waals surface area contributed by atoms with Crippen molar-refractivity contribution in [1.82, 2.24) is 5.32 Å². The van der Waals surface area contributed by atoms with Crippen LogP contribution in [0.15, 0.2) is 48.5 Å². The van der Waals surface area contributed by atoms with Gasteiger partial charge in [0.15, 0.2) is 0 Å². The number of carbonyl (C=O) groups is 1. The summed E-state index contributed by atoms with van der Waals surface area (Å²) in [7, 11) is 1.62. The molecule has 3 rings (SSSR count). The van der Waals surface area contributed by atoms with Crippen molar-refractivity contribution in [3.05, 3.63) is 59.9 Å². The third kappa shape index (κ3) is 4.93. The molecule has 5 heteroatoms. The largest absolute Gasteiger partial charge is 0.383 e. The van der Waals surface area contributed by atoms with E-state index in [4.69, 9.17) is 9.47 Å². The zero-order valence-electron chi connectivity index (χ0n) is 15.7. The van der Waals surface area contributed by atoms with E-state index in [1.807, 2.05) is 24.3 Å². The van der Waals surface area contributed by atoms with Gasteiger partial charge in [-0.1, -0.05) is 36.4 Å². The van der Waals surface area contributed by atoms with Crippen molar-refractivity contribution in [1.29, 1.82) is 0 Å². The van der Waals surface area contributed by atoms with Crippen molar-refractivity contribution in [2.45, 2.75) is 19.3 Å². The van der Waals surface area contributed by atoms with Gasteiger partial charge in [0.2, 0.25) is 5.91 Å². The predicted octanol–water partition coefficient (Wildman–Crippen LogP) is 3.59. The molecule has 2 aromatic rings. The third-order valence-electron chi connectivity index (χ3n) is 5.15. The number of hydrogen-bond acceptors (Lipinski definition) is 3. The van der Waals surface area contributed by atoms with Gasteiger partial charge in [0.05, 0.1) is 12.0 Å². The molecule has 144 valence electrons. The standard InChI is InChI=1S/C22H26FNO3/c1-26-13-10-24-21(25)22(8-11-27-12-9-22)16-17-4-2-5-18(14-17)19-6-3-7-20(23)15-19/h2-7,14-15H,8-13,16H2,1H3,(H,24,25). The Bertz CT molecular complexity index is 772. The van der Waals surface area contributed by atoms with Gasteiger partial charge in [-0.2, -0.15) is 0 Å². The van der Waals surface area contributed by atoms with Crippen molar-refractivity contribution in [3.63, 3.8) is 0 Å². The lowest BCUT2D eigenvalue weighted by molar-refractivity contribution is -0.136. The first kappa shape index (κ1) is 19.5. The molecule has 0 radical (unpaired) electrons. The SMILES string of the molecule is COCCNC(=O)C1(Cc2cccc(-c3cccc(F)c3)c2)CCOCC1. The van der Waals surface area contributed by atoms with Crippen molar-refractivity contribution in [3.8, 4) is 11.1 Å². The molecular formula is C22H26FNO3. The van der Waals surface area contributed by atoms with Gasteiger partial charge in [-0.3, -0.25) is 4.79 Å². The monoisotopic (exact) mass is 371 g/mol. The van der Waals surface area contributed by atoms with Crippen molar-refractivity contribution in [2.24, 2.45) is 5.41 Å². The van der Waals surface area contributed by atoms with Gasteiger partial charge in [0, 0.05) is 26.9 Å². The van der Waals surface area contributed by atoms with E-state index in [9.17, 15) is 9.18 Å². The number of hydrogen-bond donors (Lipinski definition) is 1. The molecule has 4 nitrogen and oxygen atoms in total. The molecule has 1 aliphatic rings.